The number of amides is 1. The highest BCUT2D eigenvalue weighted by Crippen LogP contribution is 2.42. The molecule has 2 aliphatic rings. The van der Waals surface area contributed by atoms with Crippen molar-refractivity contribution in [3.05, 3.63) is 142 Å². The van der Waals surface area contributed by atoms with Crippen LogP contribution in [0, 0.1) is 0 Å². The highest BCUT2D eigenvalue weighted by Gasteiger charge is 2.40. The van der Waals surface area contributed by atoms with Crippen LogP contribution < -0.4 is 0 Å². The van der Waals surface area contributed by atoms with Crippen LogP contribution in [0.25, 0.3) is 0 Å². The highest BCUT2D eigenvalue weighted by atomic mass is 35.5. The number of hydrogen-bond donors (Lipinski definition) is 2. The summed E-state index contributed by atoms with van der Waals surface area (Å²) in [4.78, 5) is 18.3. The normalized spacial score (nSPS) is 23.1. The van der Waals surface area contributed by atoms with Crippen LogP contribution in [0.15, 0.2) is 109 Å². The van der Waals surface area contributed by atoms with E-state index in [1.54, 1.807) is 0 Å². The van der Waals surface area contributed by atoms with E-state index in [-0.39, 0.29) is 11.9 Å². The molecule has 2 N–H and O–H groups in total. The molecule has 0 bridgehead atoms. The predicted molar refractivity (Wildman–Crippen MR) is 171 cm³/mol. The van der Waals surface area contributed by atoms with E-state index in [4.69, 9.17) is 11.6 Å². The molecule has 0 spiro atoms. The first-order chi connectivity index (χ1) is 20.8. The summed E-state index contributed by atoms with van der Waals surface area (Å²) in [5.41, 5.74) is 2.96. The minimum Gasteiger partial charge on any atom is -0.385 e. The summed E-state index contributed by atoms with van der Waals surface area (Å²) >= 11 is 6.11. The maximum Gasteiger partial charge on any atom is 0.234 e. The van der Waals surface area contributed by atoms with Crippen LogP contribution in [0.5, 0.6) is 0 Å². The third-order valence-electron chi connectivity index (χ3n) is 9.57. The second-order valence-corrected chi connectivity index (χ2v) is 12.7. The molecule has 0 aliphatic carbocycles. The molecule has 2 aliphatic heterocycles. The standard InChI is InChI=1S/C37H39ClN2O3/c1-39-23-20-37(43,31-16-18-32(38)19-17-31)26-33(39)27-12-14-29(15-13-27)34(28-8-4-2-5-9-28)35(41)40-24-21-36(42,22-25-40)30-10-6-3-7-11-30/h2-19,33-34,42-43H,20-26H2,1H3. The first-order valence-electron chi connectivity index (χ1n) is 15.2. The smallest absolute Gasteiger partial charge is 0.234 e. The van der Waals surface area contributed by atoms with E-state index in [2.05, 4.69) is 36.2 Å². The lowest BCUT2D eigenvalue weighted by Crippen LogP contribution is -2.46. The van der Waals surface area contributed by atoms with Crippen LogP contribution >= 0.6 is 11.6 Å². The first-order valence-corrected chi connectivity index (χ1v) is 15.5. The van der Waals surface area contributed by atoms with Gasteiger partial charge in [0.15, 0.2) is 0 Å². The quantitative estimate of drug-likeness (QED) is 0.263. The lowest BCUT2D eigenvalue weighted by molar-refractivity contribution is -0.136. The molecule has 3 atom stereocenters. The van der Waals surface area contributed by atoms with Crippen molar-refractivity contribution in [2.75, 3.05) is 26.7 Å². The number of benzene rings is 4. The summed E-state index contributed by atoms with van der Waals surface area (Å²) < 4.78 is 0. The van der Waals surface area contributed by atoms with Crippen molar-refractivity contribution in [1.82, 2.24) is 9.80 Å². The summed E-state index contributed by atoms with van der Waals surface area (Å²) in [6.45, 7) is 1.77. The second-order valence-electron chi connectivity index (χ2n) is 12.2. The van der Waals surface area contributed by atoms with Gasteiger partial charge in [0.05, 0.1) is 17.1 Å². The summed E-state index contributed by atoms with van der Waals surface area (Å²) in [6, 6.07) is 35.6. The molecule has 4 aromatic carbocycles. The Morgan fingerprint density at radius 2 is 1.26 bits per heavy atom. The van der Waals surface area contributed by atoms with E-state index in [0.717, 1.165) is 34.4 Å². The molecule has 6 rings (SSSR count). The molecule has 3 unspecified atom stereocenters. The van der Waals surface area contributed by atoms with Crippen LogP contribution in [0.4, 0.5) is 0 Å². The van der Waals surface area contributed by atoms with Crippen molar-refractivity contribution in [3.8, 4) is 0 Å². The maximum absolute atomic E-state index is 14.1. The summed E-state index contributed by atoms with van der Waals surface area (Å²) in [5.74, 6) is -0.380. The predicted octanol–water partition coefficient (Wildman–Crippen LogP) is 6.64. The van der Waals surface area contributed by atoms with Gasteiger partial charge in [0.2, 0.25) is 5.91 Å². The zero-order valence-electron chi connectivity index (χ0n) is 24.6. The topological polar surface area (TPSA) is 64.0 Å². The SMILES string of the molecule is CN1CCC(O)(c2ccc(Cl)cc2)CC1c1ccc(C(C(=O)N2CCC(O)(c3ccccc3)CC2)c2ccccc2)cc1. The Morgan fingerprint density at radius 3 is 1.88 bits per heavy atom. The third-order valence-corrected chi connectivity index (χ3v) is 9.82. The summed E-state index contributed by atoms with van der Waals surface area (Å²) in [6.07, 6.45) is 2.24. The number of piperidine rings is 2. The van der Waals surface area contributed by atoms with Crippen LogP contribution in [0.1, 0.15) is 65.5 Å². The summed E-state index contributed by atoms with van der Waals surface area (Å²) in [5, 5.41) is 23.7. The fraction of sp³-hybridized carbons (Fsp3) is 0.324. The van der Waals surface area contributed by atoms with Crippen LogP contribution in [-0.2, 0) is 16.0 Å². The van der Waals surface area contributed by atoms with E-state index >= 15 is 0 Å². The average molecular weight is 595 g/mol. The van der Waals surface area contributed by atoms with Crippen molar-refractivity contribution in [3.63, 3.8) is 0 Å². The molecule has 1 amide bonds. The molecule has 2 heterocycles. The van der Waals surface area contributed by atoms with Gasteiger partial charge in [-0.05, 0) is 66.3 Å². The molecule has 43 heavy (non-hydrogen) atoms. The van der Waals surface area contributed by atoms with Gasteiger partial charge in [0, 0.05) is 37.1 Å². The van der Waals surface area contributed by atoms with Gasteiger partial charge in [0.1, 0.15) is 0 Å². The molecule has 6 heteroatoms. The third kappa shape index (κ3) is 6.13. The molecule has 2 saturated heterocycles. The maximum atomic E-state index is 14.1. The van der Waals surface area contributed by atoms with Crippen molar-refractivity contribution in [2.24, 2.45) is 0 Å². The van der Waals surface area contributed by atoms with Crippen molar-refractivity contribution in [2.45, 2.75) is 48.8 Å². The molecule has 0 saturated carbocycles. The number of likely N-dealkylation sites (tertiary alicyclic amines) is 2. The second kappa shape index (κ2) is 12.3. The van der Waals surface area contributed by atoms with Crippen molar-refractivity contribution >= 4 is 17.5 Å². The van der Waals surface area contributed by atoms with Gasteiger partial charge in [-0.3, -0.25) is 9.69 Å². The van der Waals surface area contributed by atoms with E-state index in [1.165, 1.54) is 0 Å². The Labute approximate surface area is 259 Å². The zero-order chi connectivity index (χ0) is 30.0. The molecular formula is C37H39ClN2O3. The molecular weight excluding hydrogens is 556 g/mol. The number of nitrogens with zero attached hydrogens (tertiary/aromatic N) is 2. The molecule has 4 aromatic rings. The van der Waals surface area contributed by atoms with E-state index < -0.39 is 17.1 Å². The molecule has 0 aromatic heterocycles. The van der Waals surface area contributed by atoms with Crippen LogP contribution in [0.2, 0.25) is 5.02 Å². The van der Waals surface area contributed by atoms with E-state index in [1.807, 2.05) is 89.8 Å². The minimum atomic E-state index is -0.932. The van der Waals surface area contributed by atoms with Crippen molar-refractivity contribution in [1.29, 1.82) is 0 Å². The van der Waals surface area contributed by atoms with E-state index in [0.29, 0.717) is 43.8 Å². The number of rotatable bonds is 6. The average Bonchev–Trinajstić information content (AvgIpc) is 3.04. The molecule has 2 fully saturated rings. The van der Waals surface area contributed by atoms with Crippen LogP contribution in [0.3, 0.4) is 0 Å². The number of carbonyl (C=O) groups excluding carboxylic acids is 1. The first kappa shape index (κ1) is 29.6. The Morgan fingerprint density at radius 1 is 0.721 bits per heavy atom. The molecule has 222 valence electrons. The Balaban J connectivity index is 1.23. The molecule has 0 radical (unpaired) electrons. The van der Waals surface area contributed by atoms with Gasteiger partial charge in [-0.15, -0.1) is 0 Å². The number of halogens is 1. The van der Waals surface area contributed by atoms with Gasteiger partial charge in [-0.25, -0.2) is 0 Å². The monoisotopic (exact) mass is 594 g/mol. The van der Waals surface area contributed by atoms with E-state index in [9.17, 15) is 15.0 Å². The van der Waals surface area contributed by atoms with Gasteiger partial charge in [-0.1, -0.05) is 109 Å². The fourth-order valence-electron chi connectivity index (χ4n) is 6.84. The largest absolute Gasteiger partial charge is 0.385 e. The van der Waals surface area contributed by atoms with Crippen molar-refractivity contribution < 1.29 is 15.0 Å². The highest BCUT2D eigenvalue weighted by molar-refractivity contribution is 6.30. The number of carbonyl (C=O) groups is 1. The van der Waals surface area contributed by atoms with Gasteiger partial charge in [0.25, 0.3) is 0 Å². The lowest BCUT2D eigenvalue weighted by Gasteiger charge is -2.43. The van der Waals surface area contributed by atoms with Gasteiger partial charge in [-0.2, -0.15) is 0 Å². The Hall–Kier alpha value is -3.48. The zero-order valence-corrected chi connectivity index (χ0v) is 25.3. The fourth-order valence-corrected chi connectivity index (χ4v) is 6.97. The van der Waals surface area contributed by atoms with Crippen LogP contribution in [-0.4, -0.2) is 52.6 Å². The van der Waals surface area contributed by atoms with Gasteiger partial charge < -0.3 is 15.1 Å². The number of aliphatic hydroxyl groups is 2. The Kier molecular flexibility index (Phi) is 8.43. The summed E-state index contributed by atoms with van der Waals surface area (Å²) in [7, 11) is 2.10. The Bertz CT molecular complexity index is 1520. The lowest BCUT2D eigenvalue weighted by atomic mass is 9.78. The molecule has 5 nitrogen and oxygen atoms in total. The van der Waals surface area contributed by atoms with Gasteiger partial charge >= 0.3 is 0 Å². The minimum absolute atomic E-state index is 0.0344. The number of hydrogen-bond acceptors (Lipinski definition) is 4.